The molecule has 1 aromatic heterocycles. The number of para-hydroxylation sites is 1. The zero-order chi connectivity index (χ0) is 19.1. The summed E-state index contributed by atoms with van der Waals surface area (Å²) in [6.45, 7) is 1.26. The second-order valence-electron chi connectivity index (χ2n) is 5.96. The monoisotopic (exact) mass is 395 g/mol. The number of halogens is 1. The van der Waals surface area contributed by atoms with Gasteiger partial charge in [0.25, 0.3) is 5.91 Å². The first-order valence-corrected chi connectivity index (χ1v) is 9.26. The van der Waals surface area contributed by atoms with Gasteiger partial charge in [0.05, 0.1) is 17.3 Å². The summed E-state index contributed by atoms with van der Waals surface area (Å²) >= 11 is 7.40. The molecular formula is C17H22ClN5O2S. The number of hydrogen-bond acceptors (Lipinski definition) is 6. The van der Waals surface area contributed by atoms with Crippen LogP contribution in [0, 0.1) is 0 Å². The summed E-state index contributed by atoms with van der Waals surface area (Å²) in [7, 11) is 5.44. The van der Waals surface area contributed by atoms with Crippen LogP contribution in [0.4, 0.5) is 10.8 Å². The summed E-state index contributed by atoms with van der Waals surface area (Å²) in [4.78, 5) is 31.9. The molecule has 1 aromatic carbocycles. The van der Waals surface area contributed by atoms with Crippen LogP contribution < -0.4 is 10.6 Å². The minimum Gasteiger partial charge on any atom is -0.353 e. The number of benzene rings is 1. The average Bonchev–Trinajstić information content (AvgIpc) is 3.04. The Morgan fingerprint density at radius 2 is 1.96 bits per heavy atom. The van der Waals surface area contributed by atoms with E-state index < -0.39 is 0 Å². The number of nitrogens with one attached hydrogen (secondary N) is 2. The maximum atomic E-state index is 12.4. The summed E-state index contributed by atoms with van der Waals surface area (Å²) in [6, 6.07) is 7.29. The van der Waals surface area contributed by atoms with E-state index in [1.165, 1.54) is 16.2 Å². The Kier molecular flexibility index (Phi) is 7.38. The third kappa shape index (κ3) is 5.98. The molecule has 26 heavy (non-hydrogen) atoms. The Bertz CT molecular complexity index is 765. The van der Waals surface area contributed by atoms with Crippen LogP contribution in [0.5, 0.6) is 0 Å². The minimum atomic E-state index is -0.309. The molecular weight excluding hydrogens is 374 g/mol. The first-order chi connectivity index (χ1) is 12.4. The van der Waals surface area contributed by atoms with Crippen molar-refractivity contribution in [3.63, 3.8) is 0 Å². The zero-order valence-electron chi connectivity index (χ0n) is 15.0. The highest BCUT2D eigenvalue weighted by atomic mass is 35.5. The van der Waals surface area contributed by atoms with E-state index in [9.17, 15) is 9.59 Å². The number of likely N-dealkylation sites (N-methyl/N-ethyl adjacent to an activating group) is 2. The first-order valence-electron chi connectivity index (χ1n) is 8.01. The molecule has 9 heteroatoms. The Morgan fingerprint density at radius 3 is 2.65 bits per heavy atom. The van der Waals surface area contributed by atoms with E-state index in [4.69, 9.17) is 11.6 Å². The van der Waals surface area contributed by atoms with Gasteiger partial charge in [0.15, 0.2) is 5.13 Å². The molecule has 2 aromatic rings. The molecule has 0 unspecified atom stereocenters. The molecule has 2 N–H and O–H groups in total. The molecule has 0 aliphatic rings. The molecule has 7 nitrogen and oxygen atoms in total. The van der Waals surface area contributed by atoms with Gasteiger partial charge in [-0.1, -0.05) is 23.7 Å². The fourth-order valence-electron chi connectivity index (χ4n) is 2.06. The van der Waals surface area contributed by atoms with Crippen LogP contribution in [0.25, 0.3) is 0 Å². The molecule has 140 valence electrons. The van der Waals surface area contributed by atoms with Crippen LogP contribution in [0.3, 0.4) is 0 Å². The second-order valence-corrected chi connectivity index (χ2v) is 7.22. The van der Waals surface area contributed by atoms with Crippen molar-refractivity contribution in [2.45, 2.75) is 0 Å². The second kappa shape index (κ2) is 9.51. The van der Waals surface area contributed by atoms with Gasteiger partial charge in [0.1, 0.15) is 5.69 Å². The van der Waals surface area contributed by atoms with Gasteiger partial charge in [-0.05, 0) is 26.2 Å². The number of rotatable bonds is 8. The maximum Gasteiger partial charge on any atom is 0.273 e. The van der Waals surface area contributed by atoms with Crippen molar-refractivity contribution < 1.29 is 9.59 Å². The Balaban J connectivity index is 1.90. The Hall–Kier alpha value is -2.16. The van der Waals surface area contributed by atoms with Crippen LogP contribution in [0.2, 0.25) is 5.02 Å². The number of amides is 2. The lowest BCUT2D eigenvalue weighted by Crippen LogP contribution is -2.40. The highest BCUT2D eigenvalue weighted by Crippen LogP contribution is 2.26. The third-order valence-electron chi connectivity index (χ3n) is 3.45. The molecule has 2 amide bonds. The number of anilines is 2. The number of aromatic nitrogens is 1. The molecule has 0 atom stereocenters. The fraction of sp³-hybridized carbons (Fsp3) is 0.353. The molecule has 0 saturated carbocycles. The quantitative estimate of drug-likeness (QED) is 0.717. The summed E-state index contributed by atoms with van der Waals surface area (Å²) in [5.41, 5.74) is 1.00. The highest BCUT2D eigenvalue weighted by molar-refractivity contribution is 7.14. The van der Waals surface area contributed by atoms with Gasteiger partial charge in [0, 0.05) is 25.5 Å². The van der Waals surface area contributed by atoms with Crippen LogP contribution in [-0.4, -0.2) is 67.4 Å². The van der Waals surface area contributed by atoms with E-state index >= 15 is 0 Å². The summed E-state index contributed by atoms with van der Waals surface area (Å²) < 4.78 is 0. The lowest BCUT2D eigenvalue weighted by molar-refractivity contribution is -0.121. The van der Waals surface area contributed by atoms with E-state index in [2.05, 4.69) is 15.6 Å². The van der Waals surface area contributed by atoms with Crippen LogP contribution in [0.15, 0.2) is 29.6 Å². The molecule has 0 saturated heterocycles. The van der Waals surface area contributed by atoms with Crippen molar-refractivity contribution >= 4 is 45.6 Å². The zero-order valence-corrected chi connectivity index (χ0v) is 16.5. The summed E-state index contributed by atoms with van der Waals surface area (Å²) in [6.07, 6.45) is 0. The lowest BCUT2D eigenvalue weighted by atomic mass is 10.3. The van der Waals surface area contributed by atoms with Crippen molar-refractivity contribution in [1.82, 2.24) is 20.1 Å². The van der Waals surface area contributed by atoms with Gasteiger partial charge >= 0.3 is 0 Å². The minimum absolute atomic E-state index is 0.0168. The summed E-state index contributed by atoms with van der Waals surface area (Å²) in [5.74, 6) is -0.511. The predicted octanol–water partition coefficient (Wildman–Crippen LogP) is 2.29. The number of hydrogen-bond donors (Lipinski definition) is 2. The van der Waals surface area contributed by atoms with Crippen molar-refractivity contribution in [1.29, 1.82) is 0 Å². The normalized spacial score (nSPS) is 10.7. The van der Waals surface area contributed by atoms with E-state index in [0.29, 0.717) is 16.7 Å². The third-order valence-corrected chi connectivity index (χ3v) is 4.53. The molecule has 0 aliphatic carbocycles. The van der Waals surface area contributed by atoms with E-state index in [-0.39, 0.29) is 24.1 Å². The molecule has 0 spiro atoms. The molecule has 1 heterocycles. The van der Waals surface area contributed by atoms with Crippen LogP contribution in [0.1, 0.15) is 10.5 Å². The van der Waals surface area contributed by atoms with Crippen molar-refractivity contribution in [3.05, 3.63) is 40.4 Å². The standard InChI is InChI=1S/C17H22ClN5O2S/c1-22(2)9-8-19-15(24)10-23(3)16(25)14-11-26-17(21-14)20-13-7-5-4-6-12(13)18/h4-7,11H,8-10H2,1-3H3,(H,19,24)(H,20,21). The number of thiazole rings is 1. The molecule has 2 rings (SSSR count). The summed E-state index contributed by atoms with van der Waals surface area (Å²) in [5, 5.41) is 8.65. The van der Waals surface area contributed by atoms with Gasteiger partial charge in [-0.3, -0.25) is 9.59 Å². The average molecular weight is 396 g/mol. The van der Waals surface area contributed by atoms with Gasteiger partial charge < -0.3 is 20.4 Å². The number of nitrogens with zero attached hydrogens (tertiary/aromatic N) is 3. The molecule has 0 fully saturated rings. The van der Waals surface area contributed by atoms with E-state index in [0.717, 1.165) is 12.2 Å². The SMILES string of the molecule is CN(C)CCNC(=O)CN(C)C(=O)c1csc(Nc2ccccc2Cl)n1. The van der Waals surface area contributed by atoms with Gasteiger partial charge in [0.2, 0.25) is 5.91 Å². The number of carbonyl (C=O) groups is 2. The van der Waals surface area contributed by atoms with Gasteiger partial charge in [-0.2, -0.15) is 0 Å². The Labute approximate surface area is 162 Å². The first kappa shape index (κ1) is 20.2. The van der Waals surface area contributed by atoms with E-state index in [1.807, 2.05) is 37.2 Å². The number of carbonyl (C=O) groups excluding carboxylic acids is 2. The van der Waals surface area contributed by atoms with Crippen molar-refractivity contribution in [3.8, 4) is 0 Å². The highest BCUT2D eigenvalue weighted by Gasteiger charge is 2.18. The molecule has 0 radical (unpaired) electrons. The van der Waals surface area contributed by atoms with Crippen LogP contribution >= 0.6 is 22.9 Å². The predicted molar refractivity (Wildman–Crippen MR) is 105 cm³/mol. The molecule has 0 bridgehead atoms. The van der Waals surface area contributed by atoms with E-state index in [1.54, 1.807) is 18.5 Å². The lowest BCUT2D eigenvalue weighted by Gasteiger charge is -2.16. The van der Waals surface area contributed by atoms with Crippen molar-refractivity contribution in [2.75, 3.05) is 46.1 Å². The topological polar surface area (TPSA) is 77.6 Å². The van der Waals surface area contributed by atoms with Crippen molar-refractivity contribution in [2.24, 2.45) is 0 Å². The van der Waals surface area contributed by atoms with Gasteiger partial charge in [-0.15, -0.1) is 11.3 Å². The molecule has 0 aliphatic heterocycles. The maximum absolute atomic E-state index is 12.4. The smallest absolute Gasteiger partial charge is 0.273 e. The Morgan fingerprint density at radius 1 is 1.23 bits per heavy atom. The van der Waals surface area contributed by atoms with Gasteiger partial charge in [-0.25, -0.2) is 4.98 Å². The van der Waals surface area contributed by atoms with Crippen LogP contribution in [-0.2, 0) is 4.79 Å². The largest absolute Gasteiger partial charge is 0.353 e. The fourth-order valence-corrected chi connectivity index (χ4v) is 2.94.